The van der Waals surface area contributed by atoms with Crippen molar-refractivity contribution < 1.29 is 13.2 Å². The predicted molar refractivity (Wildman–Crippen MR) is 123 cm³/mol. The molecule has 0 unspecified atom stereocenters. The fourth-order valence-electron chi connectivity index (χ4n) is 3.73. The highest BCUT2D eigenvalue weighted by Gasteiger charge is 2.26. The van der Waals surface area contributed by atoms with Gasteiger partial charge in [-0.05, 0) is 31.0 Å². The van der Waals surface area contributed by atoms with E-state index in [1.165, 1.54) is 36.3 Å². The van der Waals surface area contributed by atoms with Crippen LogP contribution >= 0.6 is 11.3 Å². The summed E-state index contributed by atoms with van der Waals surface area (Å²) in [6.07, 6.45) is 7.04. The van der Waals surface area contributed by atoms with Gasteiger partial charge in [0.1, 0.15) is 24.8 Å². The predicted octanol–water partition coefficient (Wildman–Crippen LogP) is 1.93. The van der Waals surface area contributed by atoms with Crippen LogP contribution in [0.3, 0.4) is 0 Å². The highest BCUT2D eigenvalue weighted by Crippen LogP contribution is 2.30. The Kier molecular flexibility index (Phi) is 5.50. The quantitative estimate of drug-likeness (QED) is 0.450. The molecule has 33 heavy (non-hydrogen) atoms. The maximum Gasteiger partial charge on any atom is 0.229 e. The first-order chi connectivity index (χ1) is 15.9. The van der Waals surface area contributed by atoms with Crippen LogP contribution in [0.5, 0.6) is 0 Å². The average Bonchev–Trinajstić information content (AvgIpc) is 3.48. The van der Waals surface area contributed by atoms with Gasteiger partial charge in [-0.15, -0.1) is 0 Å². The Morgan fingerprint density at radius 1 is 1.12 bits per heavy atom. The van der Waals surface area contributed by atoms with Gasteiger partial charge < -0.3 is 10.2 Å². The van der Waals surface area contributed by atoms with Crippen LogP contribution in [-0.4, -0.2) is 63.4 Å². The number of carbonyl (C=O) groups is 1. The van der Waals surface area contributed by atoms with E-state index >= 15 is 0 Å². The molecule has 3 aromatic heterocycles. The van der Waals surface area contributed by atoms with E-state index in [4.69, 9.17) is 0 Å². The summed E-state index contributed by atoms with van der Waals surface area (Å²) >= 11 is 1.27. The summed E-state index contributed by atoms with van der Waals surface area (Å²) in [5.41, 5.74) is 0.657. The SMILES string of the molecule is CS(=O)(=O)c1ccc2nc(NC(=O)C3CCN(c4cc(-n5cncn5)ncn4)CC3)sc2c1. The maximum absolute atomic E-state index is 12.8. The number of nitrogens with zero attached hydrogens (tertiary/aromatic N) is 7. The number of nitrogens with one attached hydrogen (secondary N) is 1. The minimum atomic E-state index is -3.30. The minimum Gasteiger partial charge on any atom is -0.356 e. The second kappa shape index (κ2) is 8.48. The molecule has 5 rings (SSSR count). The first-order valence-electron chi connectivity index (χ1n) is 10.2. The summed E-state index contributed by atoms with van der Waals surface area (Å²) in [4.78, 5) is 32.1. The molecule has 0 radical (unpaired) electrons. The number of benzene rings is 1. The largest absolute Gasteiger partial charge is 0.356 e. The number of anilines is 2. The summed E-state index contributed by atoms with van der Waals surface area (Å²) in [5, 5.41) is 7.46. The minimum absolute atomic E-state index is 0.0805. The van der Waals surface area contributed by atoms with Crippen molar-refractivity contribution in [3.8, 4) is 5.82 Å². The number of piperidine rings is 1. The van der Waals surface area contributed by atoms with Crippen LogP contribution in [-0.2, 0) is 14.6 Å². The first-order valence-corrected chi connectivity index (χ1v) is 12.9. The molecule has 0 atom stereocenters. The Morgan fingerprint density at radius 2 is 1.91 bits per heavy atom. The lowest BCUT2D eigenvalue weighted by Gasteiger charge is -2.32. The number of aromatic nitrogens is 6. The van der Waals surface area contributed by atoms with Gasteiger partial charge in [-0.2, -0.15) is 5.10 Å². The van der Waals surface area contributed by atoms with Gasteiger partial charge in [0.15, 0.2) is 20.8 Å². The molecule has 0 bridgehead atoms. The van der Waals surface area contributed by atoms with E-state index in [2.05, 4.69) is 35.3 Å². The molecule has 0 aliphatic carbocycles. The van der Waals surface area contributed by atoms with Crippen molar-refractivity contribution in [2.24, 2.45) is 5.92 Å². The molecule has 0 spiro atoms. The Morgan fingerprint density at radius 3 is 2.64 bits per heavy atom. The molecule has 1 N–H and O–H groups in total. The molecule has 170 valence electrons. The molecule has 11 nitrogen and oxygen atoms in total. The number of carbonyl (C=O) groups excluding carboxylic acids is 1. The number of thiazole rings is 1. The normalized spacial score (nSPS) is 15.1. The van der Waals surface area contributed by atoms with Crippen molar-refractivity contribution in [2.75, 3.05) is 29.6 Å². The van der Waals surface area contributed by atoms with Crippen LogP contribution in [0, 0.1) is 5.92 Å². The van der Waals surface area contributed by atoms with Gasteiger partial charge in [-0.3, -0.25) is 4.79 Å². The van der Waals surface area contributed by atoms with E-state index in [-0.39, 0.29) is 16.7 Å². The van der Waals surface area contributed by atoms with Crippen LogP contribution in [0.4, 0.5) is 10.9 Å². The van der Waals surface area contributed by atoms with E-state index in [1.807, 2.05) is 6.07 Å². The molecular formula is C20H20N8O3S2. The van der Waals surface area contributed by atoms with Crippen molar-refractivity contribution in [3.63, 3.8) is 0 Å². The monoisotopic (exact) mass is 484 g/mol. The topological polar surface area (TPSA) is 136 Å². The van der Waals surface area contributed by atoms with Crippen molar-refractivity contribution in [1.29, 1.82) is 0 Å². The summed E-state index contributed by atoms with van der Waals surface area (Å²) in [7, 11) is -3.30. The van der Waals surface area contributed by atoms with E-state index in [0.717, 1.165) is 10.5 Å². The van der Waals surface area contributed by atoms with Crippen LogP contribution in [0.15, 0.2) is 48.1 Å². The summed E-state index contributed by atoms with van der Waals surface area (Å²) in [6, 6.07) is 6.62. The van der Waals surface area contributed by atoms with E-state index in [0.29, 0.717) is 42.4 Å². The molecule has 4 aromatic rings. The van der Waals surface area contributed by atoms with Crippen LogP contribution in [0.2, 0.25) is 0 Å². The Labute approximate surface area is 193 Å². The Bertz CT molecular complexity index is 1410. The molecule has 1 saturated heterocycles. The summed E-state index contributed by atoms with van der Waals surface area (Å²) in [5.74, 6) is 1.19. The van der Waals surface area contributed by atoms with Crippen molar-refractivity contribution in [2.45, 2.75) is 17.7 Å². The standard InChI is InChI=1S/C20H20N8O3S2/c1-33(30,31)14-2-3-15-16(8-14)32-20(25-15)26-19(29)13-4-6-27(7-5-13)17-9-18(23-11-22-17)28-12-21-10-24-28/h2-3,8-13H,4-7H2,1H3,(H,25,26,29). The van der Waals surface area contributed by atoms with Gasteiger partial charge in [0.25, 0.3) is 0 Å². The zero-order chi connectivity index (χ0) is 23.0. The average molecular weight is 485 g/mol. The van der Waals surface area contributed by atoms with Crippen molar-refractivity contribution >= 4 is 48.2 Å². The fourth-order valence-corrected chi connectivity index (χ4v) is 5.36. The Balaban J connectivity index is 1.23. The van der Waals surface area contributed by atoms with Crippen LogP contribution < -0.4 is 10.2 Å². The molecule has 0 saturated carbocycles. The highest BCUT2D eigenvalue weighted by atomic mass is 32.2. The third-order valence-corrected chi connectivity index (χ3v) is 7.54. The molecule has 1 aromatic carbocycles. The van der Waals surface area contributed by atoms with Gasteiger partial charge in [0.2, 0.25) is 5.91 Å². The molecule has 1 fully saturated rings. The highest BCUT2D eigenvalue weighted by molar-refractivity contribution is 7.90. The summed E-state index contributed by atoms with van der Waals surface area (Å²) in [6.45, 7) is 1.37. The molecule has 1 amide bonds. The van der Waals surface area contributed by atoms with Gasteiger partial charge >= 0.3 is 0 Å². The third kappa shape index (κ3) is 4.54. The second-order valence-electron chi connectivity index (χ2n) is 7.75. The zero-order valence-corrected chi connectivity index (χ0v) is 19.3. The maximum atomic E-state index is 12.8. The lowest BCUT2D eigenvalue weighted by atomic mass is 9.96. The second-order valence-corrected chi connectivity index (χ2v) is 10.8. The zero-order valence-electron chi connectivity index (χ0n) is 17.6. The molecule has 4 heterocycles. The number of hydrogen-bond donors (Lipinski definition) is 1. The third-order valence-electron chi connectivity index (χ3n) is 5.50. The summed E-state index contributed by atoms with van der Waals surface area (Å²) < 4.78 is 25.8. The van der Waals surface area contributed by atoms with Gasteiger partial charge in [0, 0.05) is 31.3 Å². The lowest BCUT2D eigenvalue weighted by molar-refractivity contribution is -0.120. The van der Waals surface area contributed by atoms with Crippen molar-refractivity contribution in [3.05, 3.63) is 43.2 Å². The van der Waals surface area contributed by atoms with Crippen LogP contribution in [0.25, 0.3) is 16.0 Å². The fraction of sp³-hybridized carbons (Fsp3) is 0.300. The van der Waals surface area contributed by atoms with Gasteiger partial charge in [0.05, 0.1) is 15.1 Å². The molecule has 13 heteroatoms. The van der Waals surface area contributed by atoms with E-state index in [9.17, 15) is 13.2 Å². The van der Waals surface area contributed by atoms with E-state index < -0.39 is 9.84 Å². The molecule has 1 aliphatic heterocycles. The lowest BCUT2D eigenvalue weighted by Crippen LogP contribution is -2.38. The number of rotatable bonds is 5. The smallest absolute Gasteiger partial charge is 0.229 e. The van der Waals surface area contributed by atoms with Crippen LogP contribution in [0.1, 0.15) is 12.8 Å². The van der Waals surface area contributed by atoms with Crippen molar-refractivity contribution in [1.82, 2.24) is 29.7 Å². The molecular weight excluding hydrogens is 464 g/mol. The van der Waals surface area contributed by atoms with E-state index in [1.54, 1.807) is 23.1 Å². The molecule has 1 aliphatic rings. The number of fused-ring (bicyclic) bond motifs is 1. The van der Waals surface area contributed by atoms with Gasteiger partial charge in [-0.1, -0.05) is 11.3 Å². The number of amides is 1. The number of sulfone groups is 1. The van der Waals surface area contributed by atoms with Gasteiger partial charge in [-0.25, -0.2) is 33.0 Å². The number of hydrogen-bond acceptors (Lipinski definition) is 10. The first kappa shape index (κ1) is 21.4. The Hall–Kier alpha value is -3.45.